The minimum absolute atomic E-state index is 0.257. The van der Waals surface area contributed by atoms with E-state index < -0.39 is 12.2 Å². The Hall–Kier alpha value is -3.40. The molecule has 0 unspecified atom stereocenters. The monoisotopic (exact) mass is 398 g/mol. The fourth-order valence-corrected chi connectivity index (χ4v) is 4.54. The number of hydrogen-bond donors (Lipinski definition) is 4. The van der Waals surface area contributed by atoms with Gasteiger partial charge in [-0.2, -0.15) is 5.26 Å². The van der Waals surface area contributed by atoms with Crippen molar-refractivity contribution in [2.75, 3.05) is 10.6 Å². The molecule has 150 valence electrons. The van der Waals surface area contributed by atoms with Crippen molar-refractivity contribution in [2.45, 2.75) is 37.1 Å². The number of benzene rings is 2. The Bertz CT molecular complexity index is 1140. The van der Waals surface area contributed by atoms with E-state index in [1.165, 1.54) is 0 Å². The molecule has 4 N–H and O–H groups in total. The molecule has 2 aromatic carbocycles. The van der Waals surface area contributed by atoms with E-state index in [1.54, 1.807) is 12.1 Å². The number of rotatable bonds is 4. The van der Waals surface area contributed by atoms with E-state index in [0.717, 1.165) is 22.3 Å². The first-order valence-corrected chi connectivity index (χ1v) is 10.1. The maximum absolute atomic E-state index is 10.6. The van der Waals surface area contributed by atoms with Crippen LogP contribution in [0.4, 0.5) is 11.6 Å². The van der Waals surface area contributed by atoms with Crippen molar-refractivity contribution in [1.82, 2.24) is 4.98 Å². The Kier molecular flexibility index (Phi) is 4.62. The van der Waals surface area contributed by atoms with Crippen molar-refractivity contribution in [3.8, 4) is 6.07 Å². The van der Waals surface area contributed by atoms with E-state index >= 15 is 0 Å². The van der Waals surface area contributed by atoms with E-state index in [9.17, 15) is 15.5 Å². The minimum Gasteiger partial charge on any atom is -0.390 e. The Labute approximate surface area is 174 Å². The molecule has 4 atom stereocenters. The Morgan fingerprint density at radius 1 is 0.800 bits per heavy atom. The Balaban J connectivity index is 1.43. The highest BCUT2D eigenvalue weighted by atomic mass is 16.3. The van der Waals surface area contributed by atoms with Gasteiger partial charge in [-0.1, -0.05) is 48.5 Å². The summed E-state index contributed by atoms with van der Waals surface area (Å²) in [4.78, 5) is 4.62. The quantitative estimate of drug-likeness (QED) is 0.539. The van der Waals surface area contributed by atoms with Gasteiger partial charge in [0.25, 0.3) is 0 Å². The summed E-state index contributed by atoms with van der Waals surface area (Å²) in [6.07, 6.45) is 0.0367. The lowest BCUT2D eigenvalue weighted by atomic mass is 10.1. The van der Waals surface area contributed by atoms with Crippen LogP contribution < -0.4 is 10.6 Å². The first-order valence-electron chi connectivity index (χ1n) is 10.1. The first kappa shape index (κ1) is 18.6. The molecule has 5 rings (SSSR count). The van der Waals surface area contributed by atoms with Crippen LogP contribution >= 0.6 is 0 Å². The number of nitrogens with zero attached hydrogens (tertiary/aromatic N) is 2. The molecule has 3 aromatic rings. The van der Waals surface area contributed by atoms with Crippen molar-refractivity contribution in [3.63, 3.8) is 0 Å². The SMILES string of the molecule is N#Cc1ccc(N[C@@H]2c3ccccc3C[C@@H]2O)nc1N[C@@H]1c2ccccc2C[C@@H]1O. The van der Waals surface area contributed by atoms with Gasteiger partial charge in [0, 0.05) is 12.8 Å². The largest absolute Gasteiger partial charge is 0.390 e. The molecule has 1 aromatic heterocycles. The van der Waals surface area contributed by atoms with Crippen molar-refractivity contribution in [2.24, 2.45) is 0 Å². The molecule has 0 aliphatic heterocycles. The second kappa shape index (κ2) is 7.45. The highest BCUT2D eigenvalue weighted by Crippen LogP contribution is 2.36. The van der Waals surface area contributed by atoms with Crippen LogP contribution in [0.5, 0.6) is 0 Å². The van der Waals surface area contributed by atoms with Crippen LogP contribution in [0.15, 0.2) is 60.7 Å². The fourth-order valence-electron chi connectivity index (χ4n) is 4.54. The average Bonchev–Trinajstić information content (AvgIpc) is 3.24. The van der Waals surface area contributed by atoms with Crippen LogP contribution in [0.2, 0.25) is 0 Å². The highest BCUT2D eigenvalue weighted by Gasteiger charge is 2.33. The van der Waals surface area contributed by atoms with Crippen molar-refractivity contribution in [3.05, 3.63) is 88.5 Å². The molecule has 6 nitrogen and oxygen atoms in total. The number of fused-ring (bicyclic) bond motifs is 2. The molecule has 30 heavy (non-hydrogen) atoms. The number of nitriles is 1. The molecular formula is C24H22N4O2. The predicted molar refractivity (Wildman–Crippen MR) is 114 cm³/mol. The van der Waals surface area contributed by atoms with Gasteiger partial charge >= 0.3 is 0 Å². The second-order valence-corrected chi connectivity index (χ2v) is 7.89. The number of pyridine rings is 1. The molecule has 0 saturated heterocycles. The standard InChI is InChI=1S/C24H22N4O2/c25-13-16-9-10-21(26-22-17-7-3-1-5-14(17)11-19(22)29)27-24(16)28-23-18-8-4-2-6-15(18)12-20(23)30/h1-10,19-20,22-23,29-30H,11-12H2,(H2,26,27,28)/t19-,20-,22+,23+/m0/s1. The molecule has 0 radical (unpaired) electrons. The van der Waals surface area contributed by atoms with Crippen LogP contribution in [-0.4, -0.2) is 27.4 Å². The minimum atomic E-state index is -0.587. The average molecular weight is 398 g/mol. The van der Waals surface area contributed by atoms with Crippen LogP contribution in [0, 0.1) is 11.3 Å². The van der Waals surface area contributed by atoms with Gasteiger partial charge < -0.3 is 20.8 Å². The summed E-state index contributed by atoms with van der Waals surface area (Å²) in [5.74, 6) is 0.988. The number of hydrogen-bond acceptors (Lipinski definition) is 6. The molecular weight excluding hydrogens is 376 g/mol. The van der Waals surface area contributed by atoms with E-state index in [-0.39, 0.29) is 12.1 Å². The van der Waals surface area contributed by atoms with Gasteiger partial charge in [-0.15, -0.1) is 0 Å². The molecule has 0 spiro atoms. The smallest absolute Gasteiger partial charge is 0.146 e. The van der Waals surface area contributed by atoms with Crippen molar-refractivity contribution in [1.29, 1.82) is 5.26 Å². The molecule has 2 aliphatic carbocycles. The zero-order valence-electron chi connectivity index (χ0n) is 16.3. The van der Waals surface area contributed by atoms with Crippen LogP contribution in [0.3, 0.4) is 0 Å². The van der Waals surface area contributed by atoms with Gasteiger partial charge in [-0.3, -0.25) is 0 Å². The summed E-state index contributed by atoms with van der Waals surface area (Å²) in [5, 5.41) is 37.2. The van der Waals surface area contributed by atoms with Crippen LogP contribution in [-0.2, 0) is 12.8 Å². The predicted octanol–water partition coefficient (Wildman–Crippen LogP) is 3.09. The van der Waals surface area contributed by atoms with Gasteiger partial charge in [0.05, 0.1) is 29.9 Å². The molecule has 6 heteroatoms. The lowest BCUT2D eigenvalue weighted by Gasteiger charge is -2.22. The van der Waals surface area contributed by atoms with Crippen molar-refractivity contribution >= 4 is 11.6 Å². The Morgan fingerprint density at radius 3 is 1.97 bits per heavy atom. The first-order chi connectivity index (χ1) is 14.6. The molecule has 0 amide bonds. The molecule has 0 saturated carbocycles. The third kappa shape index (κ3) is 3.18. The van der Waals surface area contributed by atoms with E-state index in [1.807, 2.05) is 48.5 Å². The van der Waals surface area contributed by atoms with Gasteiger partial charge in [0.15, 0.2) is 0 Å². The lowest BCUT2D eigenvalue weighted by molar-refractivity contribution is 0.165. The molecule has 0 bridgehead atoms. The summed E-state index contributed by atoms with van der Waals surface area (Å²) in [6.45, 7) is 0. The zero-order chi connectivity index (χ0) is 20.7. The topological polar surface area (TPSA) is 101 Å². The fraction of sp³-hybridized carbons (Fsp3) is 0.250. The van der Waals surface area contributed by atoms with Gasteiger partial charge in [-0.05, 0) is 34.4 Å². The van der Waals surface area contributed by atoms with E-state index in [2.05, 4.69) is 21.7 Å². The van der Waals surface area contributed by atoms with E-state index in [0.29, 0.717) is 30.0 Å². The highest BCUT2D eigenvalue weighted by molar-refractivity contribution is 5.59. The third-order valence-corrected chi connectivity index (χ3v) is 6.02. The van der Waals surface area contributed by atoms with E-state index in [4.69, 9.17) is 0 Å². The Morgan fingerprint density at radius 2 is 1.37 bits per heavy atom. The number of aliphatic hydroxyl groups is 2. The maximum atomic E-state index is 10.6. The molecule has 2 aliphatic rings. The number of aliphatic hydroxyl groups excluding tert-OH is 2. The number of anilines is 2. The van der Waals surface area contributed by atoms with Crippen LogP contribution in [0.25, 0.3) is 0 Å². The van der Waals surface area contributed by atoms with Crippen molar-refractivity contribution < 1.29 is 10.2 Å². The number of nitrogens with one attached hydrogen (secondary N) is 2. The molecule has 0 fully saturated rings. The third-order valence-electron chi connectivity index (χ3n) is 6.02. The summed E-state index contributed by atoms with van der Waals surface area (Å²) in [5.41, 5.74) is 4.71. The normalized spacial score (nSPS) is 24.0. The summed E-state index contributed by atoms with van der Waals surface area (Å²) in [7, 11) is 0. The summed E-state index contributed by atoms with van der Waals surface area (Å²) < 4.78 is 0. The maximum Gasteiger partial charge on any atom is 0.146 e. The lowest BCUT2D eigenvalue weighted by Crippen LogP contribution is -2.24. The second-order valence-electron chi connectivity index (χ2n) is 7.89. The van der Waals surface area contributed by atoms with Crippen LogP contribution in [0.1, 0.15) is 39.9 Å². The molecule has 1 heterocycles. The zero-order valence-corrected chi connectivity index (χ0v) is 16.3. The van der Waals surface area contributed by atoms with Gasteiger partial charge in [0.2, 0.25) is 0 Å². The summed E-state index contributed by atoms with van der Waals surface area (Å²) >= 11 is 0. The van der Waals surface area contributed by atoms with Gasteiger partial charge in [-0.25, -0.2) is 4.98 Å². The number of aromatic nitrogens is 1. The van der Waals surface area contributed by atoms with Gasteiger partial charge in [0.1, 0.15) is 17.7 Å². The summed E-state index contributed by atoms with van der Waals surface area (Å²) in [6, 6.07) is 20.9.